The summed E-state index contributed by atoms with van der Waals surface area (Å²) < 4.78 is 1.58. The van der Waals surface area contributed by atoms with Gasteiger partial charge in [0.05, 0.1) is 0 Å². The number of aromatic nitrogens is 4. The van der Waals surface area contributed by atoms with E-state index in [1.807, 2.05) is 31.2 Å². The molecule has 150 valence electrons. The fourth-order valence-corrected chi connectivity index (χ4v) is 4.17. The van der Waals surface area contributed by atoms with Crippen molar-refractivity contribution < 1.29 is 9.59 Å². The van der Waals surface area contributed by atoms with Crippen LogP contribution in [0.5, 0.6) is 0 Å². The van der Waals surface area contributed by atoms with Crippen LogP contribution in [0.25, 0.3) is 10.6 Å². The number of amides is 2. The molecule has 29 heavy (non-hydrogen) atoms. The van der Waals surface area contributed by atoms with Crippen LogP contribution in [0, 0.1) is 12.8 Å². The van der Waals surface area contributed by atoms with E-state index in [1.165, 1.54) is 11.3 Å². The highest BCUT2D eigenvalue weighted by Gasteiger charge is 2.28. The first kappa shape index (κ1) is 19.3. The number of hydrogen-bond acceptors (Lipinski definition) is 6. The molecule has 0 spiro atoms. The average Bonchev–Trinajstić information content (AvgIpc) is 3.36. The van der Waals surface area contributed by atoms with E-state index < -0.39 is 0 Å². The maximum Gasteiger partial charge on any atom is 0.272 e. The Morgan fingerprint density at radius 3 is 2.62 bits per heavy atom. The lowest BCUT2D eigenvalue weighted by atomic mass is 9.95. The number of carbonyl (C=O) groups excluding carboxylic acids is 2. The number of benzene rings is 1. The fraction of sp³-hybridized carbons (Fsp3) is 0.350. The molecule has 1 aliphatic heterocycles. The van der Waals surface area contributed by atoms with Gasteiger partial charge in [0.25, 0.3) is 5.91 Å². The van der Waals surface area contributed by atoms with Crippen molar-refractivity contribution in [3.05, 3.63) is 47.2 Å². The Morgan fingerprint density at radius 2 is 1.97 bits per heavy atom. The molecule has 9 heteroatoms. The summed E-state index contributed by atoms with van der Waals surface area (Å²) in [6.45, 7) is 3.04. The maximum absolute atomic E-state index is 12.7. The van der Waals surface area contributed by atoms with Crippen molar-refractivity contribution >= 4 is 28.8 Å². The Hall–Kier alpha value is -3.07. The predicted octanol–water partition coefficient (Wildman–Crippen LogP) is 2.74. The molecular weight excluding hydrogens is 388 g/mol. The van der Waals surface area contributed by atoms with E-state index in [1.54, 1.807) is 28.9 Å². The number of nitrogens with zero attached hydrogens (tertiary/aromatic N) is 5. The van der Waals surface area contributed by atoms with Crippen LogP contribution < -0.4 is 5.32 Å². The fourth-order valence-electron chi connectivity index (χ4n) is 3.48. The number of hydrogen-bond donors (Lipinski definition) is 1. The molecule has 1 aliphatic rings. The average molecular weight is 411 g/mol. The van der Waals surface area contributed by atoms with Crippen molar-refractivity contribution in [3.63, 3.8) is 0 Å². The van der Waals surface area contributed by atoms with Gasteiger partial charge in [-0.1, -0.05) is 23.5 Å². The Labute approximate surface area is 172 Å². The van der Waals surface area contributed by atoms with Crippen molar-refractivity contribution in [1.29, 1.82) is 0 Å². The molecule has 3 heterocycles. The Kier molecular flexibility index (Phi) is 5.39. The molecule has 0 unspecified atom stereocenters. The van der Waals surface area contributed by atoms with Gasteiger partial charge in [0, 0.05) is 43.5 Å². The van der Waals surface area contributed by atoms with Crippen molar-refractivity contribution in [3.8, 4) is 10.6 Å². The first-order chi connectivity index (χ1) is 14.0. The number of rotatable bonds is 4. The van der Waals surface area contributed by atoms with Gasteiger partial charge in [-0.25, -0.2) is 0 Å². The number of carbonyl (C=O) groups is 2. The van der Waals surface area contributed by atoms with Crippen LogP contribution in [0.3, 0.4) is 0 Å². The summed E-state index contributed by atoms with van der Waals surface area (Å²) >= 11 is 1.52. The van der Waals surface area contributed by atoms with Gasteiger partial charge in [-0.3, -0.25) is 14.3 Å². The normalized spacial score (nSPS) is 14.8. The van der Waals surface area contributed by atoms with Gasteiger partial charge in [0.15, 0.2) is 0 Å². The van der Waals surface area contributed by atoms with E-state index in [-0.39, 0.29) is 17.7 Å². The summed E-state index contributed by atoms with van der Waals surface area (Å²) in [5.41, 5.74) is 2.25. The van der Waals surface area contributed by atoms with E-state index in [4.69, 9.17) is 0 Å². The maximum atomic E-state index is 12.7. The van der Waals surface area contributed by atoms with Crippen LogP contribution in [-0.2, 0) is 11.8 Å². The van der Waals surface area contributed by atoms with E-state index in [9.17, 15) is 9.59 Å². The smallest absolute Gasteiger partial charge is 0.272 e. The molecule has 0 radical (unpaired) electrons. The van der Waals surface area contributed by atoms with E-state index in [0.29, 0.717) is 31.6 Å². The molecule has 0 atom stereocenters. The second kappa shape index (κ2) is 8.12. The SMILES string of the molecule is Cc1nnc(-c2cccc(NC(=O)C3CCN(C(=O)c4ccnn4C)CC3)c2)s1. The molecule has 4 rings (SSSR count). The summed E-state index contributed by atoms with van der Waals surface area (Å²) in [4.78, 5) is 27.1. The lowest BCUT2D eigenvalue weighted by Gasteiger charge is -2.31. The Morgan fingerprint density at radius 1 is 1.17 bits per heavy atom. The minimum absolute atomic E-state index is 0.0109. The molecule has 2 aromatic heterocycles. The van der Waals surface area contributed by atoms with Gasteiger partial charge in [0.1, 0.15) is 15.7 Å². The van der Waals surface area contributed by atoms with Crippen LogP contribution in [-0.4, -0.2) is 49.8 Å². The van der Waals surface area contributed by atoms with Crippen molar-refractivity contribution in [2.45, 2.75) is 19.8 Å². The lowest BCUT2D eigenvalue weighted by molar-refractivity contribution is -0.121. The highest BCUT2D eigenvalue weighted by molar-refractivity contribution is 7.14. The third-order valence-electron chi connectivity index (χ3n) is 5.10. The van der Waals surface area contributed by atoms with Gasteiger partial charge in [0.2, 0.25) is 5.91 Å². The standard InChI is InChI=1S/C20H22N6O2S/c1-13-23-24-19(29-13)15-4-3-5-16(12-15)22-18(27)14-7-10-26(11-8-14)20(28)17-6-9-21-25(17)2/h3-6,9,12,14H,7-8,10-11H2,1-2H3,(H,22,27). The summed E-state index contributed by atoms with van der Waals surface area (Å²) in [6.07, 6.45) is 2.90. The third kappa shape index (κ3) is 4.19. The first-order valence-electron chi connectivity index (χ1n) is 9.50. The lowest BCUT2D eigenvalue weighted by Crippen LogP contribution is -2.42. The topological polar surface area (TPSA) is 93.0 Å². The van der Waals surface area contributed by atoms with Crippen LogP contribution in [0.15, 0.2) is 36.5 Å². The zero-order valence-electron chi connectivity index (χ0n) is 16.3. The molecular formula is C20H22N6O2S. The summed E-state index contributed by atoms with van der Waals surface area (Å²) in [5.74, 6) is -0.162. The molecule has 1 saturated heterocycles. The predicted molar refractivity (Wildman–Crippen MR) is 111 cm³/mol. The van der Waals surface area contributed by atoms with E-state index in [0.717, 1.165) is 21.3 Å². The summed E-state index contributed by atoms with van der Waals surface area (Å²) in [7, 11) is 1.75. The number of anilines is 1. The van der Waals surface area contributed by atoms with Gasteiger partial charge in [-0.05, 0) is 38.0 Å². The van der Waals surface area contributed by atoms with Gasteiger partial charge < -0.3 is 10.2 Å². The van der Waals surface area contributed by atoms with E-state index in [2.05, 4.69) is 20.6 Å². The molecule has 1 N–H and O–H groups in total. The zero-order valence-corrected chi connectivity index (χ0v) is 17.1. The van der Waals surface area contributed by atoms with Crippen molar-refractivity contribution in [2.75, 3.05) is 18.4 Å². The quantitative estimate of drug-likeness (QED) is 0.714. The molecule has 0 aliphatic carbocycles. The number of likely N-dealkylation sites (tertiary alicyclic amines) is 1. The summed E-state index contributed by atoms with van der Waals surface area (Å²) in [5, 5.41) is 17.0. The van der Waals surface area contributed by atoms with Crippen molar-refractivity contribution in [1.82, 2.24) is 24.9 Å². The van der Waals surface area contributed by atoms with Gasteiger partial charge >= 0.3 is 0 Å². The molecule has 2 amide bonds. The monoisotopic (exact) mass is 410 g/mol. The highest BCUT2D eigenvalue weighted by Crippen LogP contribution is 2.26. The molecule has 3 aromatic rings. The minimum atomic E-state index is -0.113. The van der Waals surface area contributed by atoms with Crippen LogP contribution >= 0.6 is 11.3 Å². The Balaban J connectivity index is 1.36. The Bertz CT molecular complexity index is 1040. The van der Waals surface area contributed by atoms with Crippen LogP contribution in [0.1, 0.15) is 28.3 Å². The van der Waals surface area contributed by atoms with Crippen molar-refractivity contribution in [2.24, 2.45) is 13.0 Å². The highest BCUT2D eigenvalue weighted by atomic mass is 32.1. The largest absolute Gasteiger partial charge is 0.337 e. The van der Waals surface area contributed by atoms with E-state index >= 15 is 0 Å². The number of piperidine rings is 1. The molecule has 0 saturated carbocycles. The number of aryl methyl sites for hydroxylation is 2. The van der Waals surface area contributed by atoms with Crippen LogP contribution in [0.4, 0.5) is 5.69 Å². The third-order valence-corrected chi connectivity index (χ3v) is 5.98. The molecule has 1 fully saturated rings. The van der Waals surface area contributed by atoms with Gasteiger partial charge in [-0.15, -0.1) is 10.2 Å². The minimum Gasteiger partial charge on any atom is -0.337 e. The zero-order chi connectivity index (χ0) is 20.4. The second-order valence-electron chi connectivity index (χ2n) is 7.10. The molecule has 0 bridgehead atoms. The van der Waals surface area contributed by atoms with Crippen LogP contribution in [0.2, 0.25) is 0 Å². The van der Waals surface area contributed by atoms with Gasteiger partial charge in [-0.2, -0.15) is 5.10 Å². The molecule has 1 aromatic carbocycles. The first-order valence-corrected chi connectivity index (χ1v) is 10.3. The second-order valence-corrected chi connectivity index (χ2v) is 8.28. The molecule has 8 nitrogen and oxygen atoms in total. The summed E-state index contributed by atoms with van der Waals surface area (Å²) in [6, 6.07) is 9.36. The number of nitrogens with one attached hydrogen (secondary N) is 1.